The Bertz CT molecular complexity index is 1030. The van der Waals surface area contributed by atoms with E-state index in [1.807, 2.05) is 0 Å². The number of amides is 1. The Morgan fingerprint density at radius 2 is 1.90 bits per heavy atom. The van der Waals surface area contributed by atoms with Crippen LogP contribution in [0, 0.1) is 5.92 Å². The molecule has 0 fully saturated rings. The first-order valence-electron chi connectivity index (χ1n) is 9.16. The number of hydrogen-bond donors (Lipinski definition) is 3. The maximum absolute atomic E-state index is 11.8. The van der Waals surface area contributed by atoms with Gasteiger partial charge in [0.2, 0.25) is 5.91 Å². The molecule has 2 aromatic carbocycles. The number of nitrogens with zero attached hydrogens (tertiary/aromatic N) is 2. The van der Waals surface area contributed by atoms with E-state index in [1.54, 1.807) is 49.6 Å². The molecular formula is C21H21ClN4O4. The van der Waals surface area contributed by atoms with Crippen molar-refractivity contribution < 1.29 is 19.4 Å². The third-order valence-electron chi connectivity index (χ3n) is 4.60. The summed E-state index contributed by atoms with van der Waals surface area (Å²) in [5.74, 6) is -1.48. The SMILES string of the molecule is COc1ccc2c(c1)C(c1ccc(Cl)cc1)=N[C@@H](C(C)C(=O)O)C(NNC(C)=O)=N2. The van der Waals surface area contributed by atoms with Crippen LogP contribution in [0.5, 0.6) is 5.75 Å². The van der Waals surface area contributed by atoms with Gasteiger partial charge >= 0.3 is 5.97 Å². The van der Waals surface area contributed by atoms with E-state index in [-0.39, 0.29) is 11.7 Å². The number of carboxylic acid groups (broad SMARTS) is 1. The highest BCUT2D eigenvalue weighted by atomic mass is 35.5. The predicted octanol–water partition coefficient (Wildman–Crippen LogP) is 2.96. The van der Waals surface area contributed by atoms with Crippen LogP contribution >= 0.6 is 11.6 Å². The van der Waals surface area contributed by atoms with E-state index < -0.39 is 17.9 Å². The standard InChI is InChI=1S/C21H21ClN4O4/c1-11(21(28)29)18-20(26-25-12(2)27)23-17-9-8-15(30-3)10-16(17)19(24-18)13-4-6-14(22)7-5-13/h4-11,18H,1-3H3,(H,23,26)(H,25,27)(H,28,29)/t11?,18-/m0/s1. The van der Waals surface area contributed by atoms with E-state index in [0.29, 0.717) is 27.7 Å². The summed E-state index contributed by atoms with van der Waals surface area (Å²) in [7, 11) is 1.56. The molecule has 8 nitrogen and oxygen atoms in total. The van der Waals surface area contributed by atoms with Crippen molar-refractivity contribution in [2.45, 2.75) is 19.9 Å². The van der Waals surface area contributed by atoms with E-state index in [9.17, 15) is 14.7 Å². The number of ether oxygens (including phenoxy) is 1. The Labute approximate surface area is 178 Å². The van der Waals surface area contributed by atoms with Crippen LogP contribution < -0.4 is 15.6 Å². The summed E-state index contributed by atoms with van der Waals surface area (Å²) in [4.78, 5) is 32.6. The fourth-order valence-corrected chi connectivity index (χ4v) is 3.10. The summed E-state index contributed by atoms with van der Waals surface area (Å²) < 4.78 is 5.35. The number of nitrogens with one attached hydrogen (secondary N) is 2. The van der Waals surface area contributed by atoms with E-state index in [0.717, 1.165) is 5.56 Å². The summed E-state index contributed by atoms with van der Waals surface area (Å²) in [5.41, 5.74) is 7.69. The van der Waals surface area contributed by atoms with Crippen LogP contribution in [0.15, 0.2) is 52.4 Å². The van der Waals surface area contributed by atoms with Crippen LogP contribution in [0.2, 0.25) is 5.02 Å². The van der Waals surface area contributed by atoms with Gasteiger partial charge in [0.15, 0.2) is 0 Å². The van der Waals surface area contributed by atoms with Crippen LogP contribution in [0.4, 0.5) is 5.69 Å². The molecule has 0 saturated heterocycles. The quantitative estimate of drug-likeness (QED) is 0.648. The van der Waals surface area contributed by atoms with E-state index in [1.165, 1.54) is 13.8 Å². The molecule has 0 aromatic heterocycles. The Balaban J connectivity index is 2.23. The number of benzene rings is 2. The number of carboxylic acids is 1. The van der Waals surface area contributed by atoms with Crippen molar-refractivity contribution in [2.24, 2.45) is 15.9 Å². The van der Waals surface area contributed by atoms with Gasteiger partial charge in [0.1, 0.15) is 17.6 Å². The molecule has 0 spiro atoms. The van der Waals surface area contributed by atoms with Gasteiger partial charge in [-0.15, -0.1) is 0 Å². The fraction of sp³-hybridized carbons (Fsp3) is 0.238. The molecule has 30 heavy (non-hydrogen) atoms. The number of methoxy groups -OCH3 is 1. The number of amidine groups is 1. The molecule has 3 N–H and O–H groups in total. The lowest BCUT2D eigenvalue weighted by Gasteiger charge is -2.20. The summed E-state index contributed by atoms with van der Waals surface area (Å²) in [5, 5.41) is 10.2. The first-order valence-corrected chi connectivity index (χ1v) is 9.54. The number of fused-ring (bicyclic) bond motifs is 1. The van der Waals surface area contributed by atoms with Crippen molar-refractivity contribution in [2.75, 3.05) is 7.11 Å². The summed E-state index contributed by atoms with van der Waals surface area (Å²) >= 11 is 6.04. The fourth-order valence-electron chi connectivity index (χ4n) is 2.97. The molecule has 0 bridgehead atoms. The zero-order valence-corrected chi connectivity index (χ0v) is 17.4. The number of halogens is 1. The molecule has 2 atom stereocenters. The van der Waals surface area contributed by atoms with Crippen molar-refractivity contribution in [1.29, 1.82) is 0 Å². The number of carbonyl (C=O) groups is 2. The first-order chi connectivity index (χ1) is 14.3. The highest BCUT2D eigenvalue weighted by Crippen LogP contribution is 2.31. The van der Waals surface area contributed by atoms with Gasteiger partial charge in [0, 0.05) is 23.1 Å². The van der Waals surface area contributed by atoms with Crippen molar-refractivity contribution >= 4 is 40.7 Å². The number of aliphatic carboxylic acids is 1. The normalized spacial score (nSPS) is 16.3. The number of rotatable bonds is 4. The maximum Gasteiger partial charge on any atom is 0.308 e. The Morgan fingerprint density at radius 1 is 1.20 bits per heavy atom. The lowest BCUT2D eigenvalue weighted by atomic mass is 9.98. The summed E-state index contributed by atoms with van der Waals surface area (Å²) in [6.45, 7) is 2.87. The van der Waals surface area contributed by atoms with Crippen LogP contribution in [0.1, 0.15) is 25.0 Å². The first kappa shape index (κ1) is 21.3. The molecule has 0 saturated carbocycles. The van der Waals surface area contributed by atoms with Crippen LogP contribution in [-0.4, -0.2) is 41.7 Å². The molecule has 0 radical (unpaired) electrons. The van der Waals surface area contributed by atoms with Crippen LogP contribution in [0.25, 0.3) is 0 Å². The van der Waals surface area contributed by atoms with Crippen LogP contribution in [0.3, 0.4) is 0 Å². The van der Waals surface area contributed by atoms with E-state index >= 15 is 0 Å². The van der Waals surface area contributed by atoms with Crippen molar-refractivity contribution in [1.82, 2.24) is 10.9 Å². The lowest BCUT2D eigenvalue weighted by molar-refractivity contribution is -0.141. The van der Waals surface area contributed by atoms with E-state index in [4.69, 9.17) is 21.3 Å². The molecule has 3 rings (SSSR count). The second-order valence-electron chi connectivity index (χ2n) is 6.74. The molecule has 1 unspecified atom stereocenters. The highest BCUT2D eigenvalue weighted by Gasteiger charge is 2.32. The second kappa shape index (κ2) is 8.96. The lowest BCUT2D eigenvalue weighted by Crippen LogP contribution is -2.48. The average Bonchev–Trinajstić information content (AvgIpc) is 2.88. The largest absolute Gasteiger partial charge is 0.497 e. The van der Waals surface area contributed by atoms with Gasteiger partial charge in [-0.3, -0.25) is 25.4 Å². The Morgan fingerprint density at radius 3 is 2.50 bits per heavy atom. The maximum atomic E-state index is 11.8. The van der Waals surface area contributed by atoms with Gasteiger partial charge in [-0.1, -0.05) is 23.7 Å². The molecule has 1 heterocycles. The van der Waals surface area contributed by atoms with Crippen molar-refractivity contribution in [3.05, 3.63) is 58.6 Å². The highest BCUT2D eigenvalue weighted by molar-refractivity contribution is 6.30. The minimum Gasteiger partial charge on any atom is -0.497 e. The minimum atomic E-state index is -1.04. The number of aliphatic imine (C=N–C) groups is 2. The number of hydrogen-bond acceptors (Lipinski definition) is 6. The average molecular weight is 429 g/mol. The van der Waals surface area contributed by atoms with Gasteiger partial charge < -0.3 is 9.84 Å². The topological polar surface area (TPSA) is 112 Å². The molecule has 1 amide bonds. The molecule has 1 aliphatic rings. The molecule has 9 heteroatoms. The molecular weight excluding hydrogens is 408 g/mol. The van der Waals surface area contributed by atoms with Gasteiger partial charge in [-0.2, -0.15) is 0 Å². The molecule has 2 aromatic rings. The minimum absolute atomic E-state index is 0.218. The summed E-state index contributed by atoms with van der Waals surface area (Å²) in [6.07, 6.45) is 0. The monoisotopic (exact) mass is 428 g/mol. The van der Waals surface area contributed by atoms with E-state index in [2.05, 4.69) is 15.8 Å². The molecule has 0 aliphatic carbocycles. The smallest absolute Gasteiger partial charge is 0.308 e. The van der Waals surface area contributed by atoms with Gasteiger partial charge in [0.05, 0.1) is 24.4 Å². The second-order valence-corrected chi connectivity index (χ2v) is 7.18. The number of hydrazine groups is 1. The van der Waals surface area contributed by atoms with Crippen LogP contribution in [-0.2, 0) is 9.59 Å². The predicted molar refractivity (Wildman–Crippen MR) is 115 cm³/mol. The van der Waals surface area contributed by atoms with Crippen molar-refractivity contribution in [3.8, 4) is 5.75 Å². The third-order valence-corrected chi connectivity index (χ3v) is 4.85. The van der Waals surface area contributed by atoms with Gasteiger partial charge in [-0.05, 0) is 37.3 Å². The third kappa shape index (κ3) is 4.60. The zero-order chi connectivity index (χ0) is 21.8. The molecule has 156 valence electrons. The van der Waals surface area contributed by atoms with Gasteiger partial charge in [0.25, 0.3) is 0 Å². The summed E-state index contributed by atoms with van der Waals surface area (Å²) in [6, 6.07) is 11.5. The van der Waals surface area contributed by atoms with Gasteiger partial charge in [-0.25, -0.2) is 4.99 Å². The Hall–Kier alpha value is -3.39. The van der Waals surface area contributed by atoms with Crippen molar-refractivity contribution in [3.63, 3.8) is 0 Å². The Kier molecular flexibility index (Phi) is 6.37. The number of carbonyl (C=O) groups excluding carboxylic acids is 1. The molecule has 1 aliphatic heterocycles. The zero-order valence-electron chi connectivity index (χ0n) is 16.6.